The van der Waals surface area contributed by atoms with Gasteiger partial charge in [0.2, 0.25) is 5.82 Å². The molecule has 0 spiro atoms. The van der Waals surface area contributed by atoms with E-state index in [1.165, 1.54) is 24.3 Å². The first kappa shape index (κ1) is 29.9. The summed E-state index contributed by atoms with van der Waals surface area (Å²) in [5, 5.41) is 6.95. The molecule has 0 fully saturated rings. The van der Waals surface area contributed by atoms with Gasteiger partial charge in [-0.05, 0) is 94.1 Å². The minimum Gasteiger partial charge on any atom is -0.459 e. The third kappa shape index (κ3) is 7.18. The van der Waals surface area contributed by atoms with Gasteiger partial charge in [0.1, 0.15) is 17.0 Å². The van der Waals surface area contributed by atoms with Gasteiger partial charge in [-0.2, -0.15) is 18.2 Å². The van der Waals surface area contributed by atoms with Gasteiger partial charge in [-0.15, -0.1) is 0 Å². The van der Waals surface area contributed by atoms with E-state index >= 15 is 0 Å². The molecule has 0 unspecified atom stereocenters. The largest absolute Gasteiger partial charge is 0.459 e. The molecule has 216 valence electrons. The number of nitrogens with one attached hydrogen (secondary N) is 1. The topological polar surface area (TPSA) is 77.2 Å². The predicted molar refractivity (Wildman–Crippen MR) is 147 cm³/mol. The third-order valence-corrected chi connectivity index (χ3v) is 6.29. The molecule has 0 amide bonds. The molecule has 6 nitrogen and oxygen atoms in total. The highest BCUT2D eigenvalue weighted by Crippen LogP contribution is 2.40. The summed E-state index contributed by atoms with van der Waals surface area (Å²) in [6, 6.07) is 14.7. The van der Waals surface area contributed by atoms with E-state index in [1.54, 1.807) is 71.9 Å². The predicted octanol–water partition coefficient (Wildman–Crippen LogP) is 7.75. The highest BCUT2D eigenvalue weighted by atomic mass is 19.4. The zero-order valence-electron chi connectivity index (χ0n) is 23.6. The summed E-state index contributed by atoms with van der Waals surface area (Å²) in [6.07, 6.45) is -4.63. The second-order valence-electron chi connectivity index (χ2n) is 11.3. The molecule has 0 aliphatic carbocycles. The van der Waals surface area contributed by atoms with Crippen molar-refractivity contribution in [2.45, 2.75) is 65.4 Å². The van der Waals surface area contributed by atoms with Crippen molar-refractivity contribution in [3.05, 3.63) is 83.2 Å². The van der Waals surface area contributed by atoms with Crippen LogP contribution in [0, 0.1) is 12.7 Å². The molecule has 41 heavy (non-hydrogen) atoms. The number of benzene rings is 3. The lowest BCUT2D eigenvalue weighted by molar-refractivity contribution is -0.161. The molecular weight excluding hydrogens is 538 g/mol. The number of rotatable bonds is 7. The highest BCUT2D eigenvalue weighted by Gasteiger charge is 2.35. The Morgan fingerprint density at radius 3 is 2.29 bits per heavy atom. The lowest BCUT2D eigenvalue weighted by atomic mass is 9.94. The number of ether oxygens (including phenoxy) is 1. The zero-order valence-corrected chi connectivity index (χ0v) is 23.6. The number of halogens is 4. The van der Waals surface area contributed by atoms with Crippen molar-refractivity contribution in [3.63, 3.8) is 0 Å². The standard InChI is InChI=1S/C31H31F4N3O3/c1-18-9-7-8-10-23(18)24-12-11-20(16-25(24)31(33,34)35)27-37-26(38-41-27)21-13-19(14-22(32)15-21)17-36-30(5,6)28(39)40-29(2,3)4/h7-16,36H,17H2,1-6H3. The third-order valence-electron chi connectivity index (χ3n) is 6.29. The molecule has 4 aromatic rings. The van der Waals surface area contributed by atoms with Gasteiger partial charge in [0.05, 0.1) is 5.56 Å². The SMILES string of the molecule is Cc1ccccc1-c1ccc(-c2nc(-c3cc(F)cc(CNC(C)(C)C(=O)OC(C)(C)C)c3)no2)cc1C(F)(F)F. The molecule has 0 radical (unpaired) electrons. The Morgan fingerprint density at radius 1 is 0.927 bits per heavy atom. The molecule has 0 bridgehead atoms. The van der Waals surface area contributed by atoms with Crippen molar-refractivity contribution in [2.24, 2.45) is 0 Å². The van der Waals surface area contributed by atoms with E-state index in [4.69, 9.17) is 9.26 Å². The van der Waals surface area contributed by atoms with Gasteiger partial charge < -0.3 is 9.26 Å². The second kappa shape index (κ2) is 11.1. The average molecular weight is 570 g/mol. The molecule has 1 heterocycles. The van der Waals surface area contributed by atoms with Crippen LogP contribution >= 0.6 is 0 Å². The molecule has 0 aliphatic rings. The summed E-state index contributed by atoms with van der Waals surface area (Å²) in [7, 11) is 0. The Balaban J connectivity index is 1.61. The van der Waals surface area contributed by atoms with Crippen molar-refractivity contribution in [2.75, 3.05) is 0 Å². The van der Waals surface area contributed by atoms with Crippen LogP contribution in [0.25, 0.3) is 34.0 Å². The van der Waals surface area contributed by atoms with Crippen LogP contribution in [0.15, 0.2) is 65.2 Å². The van der Waals surface area contributed by atoms with Gasteiger partial charge in [0.25, 0.3) is 5.89 Å². The molecule has 0 saturated carbocycles. The first-order valence-corrected chi connectivity index (χ1v) is 12.9. The maximum Gasteiger partial charge on any atom is 0.417 e. The number of aryl methyl sites for hydroxylation is 1. The van der Waals surface area contributed by atoms with Crippen molar-refractivity contribution < 1.29 is 31.6 Å². The molecule has 1 N–H and O–H groups in total. The van der Waals surface area contributed by atoms with Crippen LogP contribution in [-0.2, 0) is 22.3 Å². The molecule has 4 rings (SSSR count). The average Bonchev–Trinajstić information content (AvgIpc) is 3.36. The fraction of sp³-hybridized carbons (Fsp3) is 0.323. The number of carbonyl (C=O) groups is 1. The van der Waals surface area contributed by atoms with Gasteiger partial charge in [-0.25, -0.2) is 4.39 Å². The Bertz CT molecular complexity index is 1570. The highest BCUT2D eigenvalue weighted by molar-refractivity contribution is 5.80. The Hall–Kier alpha value is -4.05. The van der Waals surface area contributed by atoms with Crippen molar-refractivity contribution in [3.8, 4) is 34.0 Å². The van der Waals surface area contributed by atoms with E-state index < -0.39 is 34.7 Å². The van der Waals surface area contributed by atoms with Crippen LogP contribution in [-0.4, -0.2) is 27.2 Å². The fourth-order valence-corrected chi connectivity index (χ4v) is 4.16. The lowest BCUT2D eigenvalue weighted by Crippen LogP contribution is -2.49. The molecule has 0 aliphatic heterocycles. The number of carbonyl (C=O) groups excluding carboxylic acids is 1. The van der Waals surface area contributed by atoms with E-state index in [1.807, 2.05) is 0 Å². The maximum absolute atomic E-state index is 14.5. The first-order valence-electron chi connectivity index (χ1n) is 12.9. The maximum atomic E-state index is 14.5. The van der Waals surface area contributed by atoms with Gasteiger partial charge in [0, 0.05) is 17.7 Å². The normalized spacial score (nSPS) is 12.4. The van der Waals surface area contributed by atoms with Crippen molar-refractivity contribution in [1.82, 2.24) is 15.5 Å². The van der Waals surface area contributed by atoms with Gasteiger partial charge in [-0.1, -0.05) is 35.5 Å². The summed E-state index contributed by atoms with van der Waals surface area (Å²) >= 11 is 0. The van der Waals surface area contributed by atoms with Crippen LogP contribution in [0.1, 0.15) is 51.3 Å². The lowest BCUT2D eigenvalue weighted by Gasteiger charge is -2.29. The number of aromatic nitrogens is 2. The smallest absolute Gasteiger partial charge is 0.417 e. The number of esters is 1. The summed E-state index contributed by atoms with van der Waals surface area (Å²) in [6.45, 7) is 10.5. The molecular formula is C31H31F4N3O3. The quantitative estimate of drug-likeness (QED) is 0.181. The minimum atomic E-state index is -4.63. The number of nitrogens with zero attached hydrogens (tertiary/aromatic N) is 2. The van der Waals surface area contributed by atoms with Crippen LogP contribution in [0.2, 0.25) is 0 Å². The van der Waals surface area contributed by atoms with E-state index in [0.29, 0.717) is 16.7 Å². The summed E-state index contributed by atoms with van der Waals surface area (Å²) < 4.78 is 67.5. The monoisotopic (exact) mass is 569 g/mol. The van der Waals surface area contributed by atoms with Crippen molar-refractivity contribution >= 4 is 5.97 Å². The number of hydrogen-bond acceptors (Lipinski definition) is 6. The van der Waals surface area contributed by atoms with Gasteiger partial charge in [0.15, 0.2) is 0 Å². The van der Waals surface area contributed by atoms with E-state index in [2.05, 4.69) is 15.5 Å². The van der Waals surface area contributed by atoms with Crippen molar-refractivity contribution in [1.29, 1.82) is 0 Å². The second-order valence-corrected chi connectivity index (χ2v) is 11.3. The molecule has 3 aromatic carbocycles. The van der Waals surface area contributed by atoms with E-state index in [9.17, 15) is 22.4 Å². The first-order chi connectivity index (χ1) is 19.0. The molecule has 10 heteroatoms. The summed E-state index contributed by atoms with van der Waals surface area (Å²) in [5.74, 6) is -1.18. The Morgan fingerprint density at radius 2 is 1.63 bits per heavy atom. The Kier molecular flexibility index (Phi) is 8.09. The van der Waals surface area contributed by atoms with Crippen LogP contribution < -0.4 is 5.32 Å². The number of hydrogen-bond donors (Lipinski definition) is 1. The van der Waals surface area contributed by atoms with Crippen LogP contribution in [0.4, 0.5) is 17.6 Å². The fourth-order valence-electron chi connectivity index (χ4n) is 4.16. The Labute approximate surface area is 235 Å². The van der Waals surface area contributed by atoms with E-state index in [0.717, 1.165) is 6.07 Å². The van der Waals surface area contributed by atoms with Gasteiger partial charge in [-0.3, -0.25) is 10.1 Å². The van der Waals surface area contributed by atoms with Crippen LogP contribution in [0.5, 0.6) is 0 Å². The van der Waals surface area contributed by atoms with Crippen LogP contribution in [0.3, 0.4) is 0 Å². The molecule has 0 saturated heterocycles. The minimum absolute atomic E-state index is 0.00342. The molecule has 1 aromatic heterocycles. The molecule has 0 atom stereocenters. The summed E-state index contributed by atoms with van der Waals surface area (Å²) in [4.78, 5) is 16.8. The summed E-state index contributed by atoms with van der Waals surface area (Å²) in [5.41, 5.74) is -0.522. The van der Waals surface area contributed by atoms with E-state index in [-0.39, 0.29) is 35.0 Å². The number of alkyl halides is 3. The van der Waals surface area contributed by atoms with Gasteiger partial charge >= 0.3 is 12.1 Å². The zero-order chi connectivity index (χ0) is 30.2.